The number of benzene rings is 2. The molecule has 2 N–H and O–H groups in total. The molecule has 0 unspecified atom stereocenters. The van der Waals surface area contributed by atoms with Gasteiger partial charge in [0.15, 0.2) is 0 Å². The number of H-pyrrole nitrogens is 1. The SMILES string of the molecule is CN(CCCNC(=O)N1CCN(Cc2nc3ccccc3c(=O)[nH]2)CC1)c1ccccc1. The molecule has 0 bridgehead atoms. The standard InChI is InChI=1S/C24H30N6O2/c1-28(19-8-3-2-4-9-19)13-7-12-25-24(32)30-16-14-29(15-17-30)18-22-26-21-11-6-5-10-20(21)23(31)27-22/h2-6,8-11H,7,12-18H2,1H3,(H,25,32)(H,26,27,31). The van der Waals surface area contributed by atoms with Gasteiger partial charge in [0, 0.05) is 52.0 Å². The molecule has 3 aromatic rings. The van der Waals surface area contributed by atoms with Crippen molar-refractivity contribution in [1.29, 1.82) is 0 Å². The molecule has 1 aromatic heterocycles. The van der Waals surface area contributed by atoms with Crippen LogP contribution in [0, 0.1) is 0 Å². The number of piperazine rings is 1. The second-order valence-corrected chi connectivity index (χ2v) is 8.14. The van der Waals surface area contributed by atoms with E-state index in [2.05, 4.69) is 44.3 Å². The van der Waals surface area contributed by atoms with Crippen molar-refractivity contribution in [3.05, 3.63) is 70.8 Å². The minimum absolute atomic E-state index is 0.00995. The van der Waals surface area contributed by atoms with Gasteiger partial charge in [-0.05, 0) is 30.7 Å². The molecule has 8 heteroatoms. The Bertz CT molecular complexity index is 1090. The molecule has 1 fully saturated rings. The van der Waals surface area contributed by atoms with Crippen molar-refractivity contribution >= 4 is 22.6 Å². The van der Waals surface area contributed by atoms with Crippen LogP contribution in [0.4, 0.5) is 10.5 Å². The van der Waals surface area contributed by atoms with Gasteiger partial charge >= 0.3 is 6.03 Å². The van der Waals surface area contributed by atoms with Gasteiger partial charge in [0.05, 0.1) is 17.4 Å². The second kappa shape index (κ2) is 10.3. The Morgan fingerprint density at radius 3 is 2.56 bits per heavy atom. The van der Waals surface area contributed by atoms with Gasteiger partial charge in [0.1, 0.15) is 5.82 Å². The lowest BCUT2D eigenvalue weighted by atomic mass is 10.2. The molecule has 8 nitrogen and oxygen atoms in total. The summed E-state index contributed by atoms with van der Waals surface area (Å²) in [5, 5.41) is 3.64. The van der Waals surface area contributed by atoms with Crippen molar-refractivity contribution in [3.8, 4) is 0 Å². The predicted molar refractivity (Wildman–Crippen MR) is 127 cm³/mol. The first-order chi connectivity index (χ1) is 15.6. The smallest absolute Gasteiger partial charge is 0.317 e. The van der Waals surface area contributed by atoms with E-state index < -0.39 is 0 Å². The average Bonchev–Trinajstić information content (AvgIpc) is 2.82. The average molecular weight is 435 g/mol. The Balaban J connectivity index is 1.19. The van der Waals surface area contributed by atoms with Crippen LogP contribution in [-0.2, 0) is 6.54 Å². The Hall–Kier alpha value is -3.39. The van der Waals surface area contributed by atoms with Gasteiger partial charge in [0.25, 0.3) is 5.56 Å². The summed E-state index contributed by atoms with van der Waals surface area (Å²) in [6, 6.07) is 17.6. The molecule has 1 saturated heterocycles. The maximum absolute atomic E-state index is 12.5. The number of nitrogens with one attached hydrogen (secondary N) is 2. The summed E-state index contributed by atoms with van der Waals surface area (Å²) in [5.74, 6) is 0.661. The summed E-state index contributed by atoms with van der Waals surface area (Å²) >= 11 is 0. The summed E-state index contributed by atoms with van der Waals surface area (Å²) in [5.41, 5.74) is 1.78. The number of hydrogen-bond acceptors (Lipinski definition) is 5. The number of aromatic nitrogens is 2. The van der Waals surface area contributed by atoms with Crippen molar-refractivity contribution in [2.24, 2.45) is 0 Å². The van der Waals surface area contributed by atoms with Gasteiger partial charge in [-0.25, -0.2) is 9.78 Å². The molecule has 1 aliphatic rings. The molecule has 32 heavy (non-hydrogen) atoms. The first-order valence-corrected chi connectivity index (χ1v) is 11.1. The molecule has 0 spiro atoms. The zero-order valence-corrected chi connectivity index (χ0v) is 18.5. The predicted octanol–water partition coefficient (Wildman–Crippen LogP) is 2.28. The molecule has 0 atom stereocenters. The minimum Gasteiger partial charge on any atom is -0.375 e. The monoisotopic (exact) mass is 434 g/mol. The zero-order valence-electron chi connectivity index (χ0n) is 18.5. The van der Waals surface area contributed by atoms with Gasteiger partial charge < -0.3 is 20.1 Å². The number of fused-ring (bicyclic) bond motifs is 1. The number of carbonyl (C=O) groups is 1. The third-order valence-electron chi connectivity index (χ3n) is 5.84. The fourth-order valence-corrected chi connectivity index (χ4v) is 3.97. The zero-order chi connectivity index (χ0) is 22.3. The van der Waals surface area contributed by atoms with E-state index in [0.717, 1.165) is 26.1 Å². The van der Waals surface area contributed by atoms with E-state index >= 15 is 0 Å². The highest BCUT2D eigenvalue weighted by atomic mass is 16.2. The molecule has 168 valence electrons. The lowest BCUT2D eigenvalue weighted by molar-refractivity contribution is 0.133. The first kappa shape index (κ1) is 21.8. The van der Waals surface area contributed by atoms with E-state index in [1.165, 1.54) is 5.69 Å². The Labute approximate surface area is 187 Å². The summed E-state index contributed by atoms with van der Waals surface area (Å²) in [6.45, 7) is 4.93. The van der Waals surface area contributed by atoms with Crippen LogP contribution < -0.4 is 15.8 Å². The van der Waals surface area contributed by atoms with Gasteiger partial charge in [-0.1, -0.05) is 30.3 Å². The second-order valence-electron chi connectivity index (χ2n) is 8.14. The lowest BCUT2D eigenvalue weighted by Crippen LogP contribution is -2.51. The Morgan fingerprint density at radius 1 is 1.06 bits per heavy atom. The van der Waals surface area contributed by atoms with Crippen molar-refractivity contribution in [3.63, 3.8) is 0 Å². The van der Waals surface area contributed by atoms with Gasteiger partial charge in [-0.2, -0.15) is 0 Å². The molecule has 2 aromatic carbocycles. The molecule has 2 heterocycles. The molecule has 0 radical (unpaired) electrons. The molecular weight excluding hydrogens is 404 g/mol. The molecule has 2 amide bonds. The number of hydrogen-bond donors (Lipinski definition) is 2. The van der Waals surface area contributed by atoms with Crippen LogP contribution in [0.5, 0.6) is 0 Å². The number of aromatic amines is 1. The Kier molecular flexibility index (Phi) is 7.01. The topological polar surface area (TPSA) is 84.6 Å². The van der Waals surface area contributed by atoms with Crippen molar-refractivity contribution in [1.82, 2.24) is 25.1 Å². The van der Waals surface area contributed by atoms with Gasteiger partial charge in [-0.3, -0.25) is 9.69 Å². The number of rotatable bonds is 7. The molecule has 1 aliphatic heterocycles. The van der Waals surface area contributed by atoms with E-state index in [0.29, 0.717) is 42.9 Å². The van der Waals surface area contributed by atoms with Crippen LogP contribution in [0.25, 0.3) is 10.9 Å². The van der Waals surface area contributed by atoms with Crippen LogP contribution in [0.1, 0.15) is 12.2 Å². The number of amides is 2. The summed E-state index contributed by atoms with van der Waals surface area (Å²) in [7, 11) is 2.06. The quantitative estimate of drug-likeness (QED) is 0.558. The number of nitrogens with zero attached hydrogens (tertiary/aromatic N) is 4. The number of para-hydroxylation sites is 2. The highest BCUT2D eigenvalue weighted by Crippen LogP contribution is 2.11. The van der Waals surface area contributed by atoms with Crippen LogP contribution in [0.3, 0.4) is 0 Å². The number of carbonyl (C=O) groups excluding carboxylic acids is 1. The maximum atomic E-state index is 12.5. The number of anilines is 1. The molecular formula is C24H30N6O2. The van der Waals surface area contributed by atoms with E-state index in [9.17, 15) is 9.59 Å². The fourth-order valence-electron chi connectivity index (χ4n) is 3.97. The number of urea groups is 1. The van der Waals surface area contributed by atoms with Crippen LogP contribution >= 0.6 is 0 Å². The summed E-state index contributed by atoms with van der Waals surface area (Å²) < 4.78 is 0. The highest BCUT2D eigenvalue weighted by Gasteiger charge is 2.21. The first-order valence-electron chi connectivity index (χ1n) is 11.1. The Morgan fingerprint density at radius 2 is 1.78 bits per heavy atom. The van der Waals surface area contributed by atoms with Gasteiger partial charge in [-0.15, -0.1) is 0 Å². The highest BCUT2D eigenvalue weighted by molar-refractivity contribution is 5.77. The third-order valence-corrected chi connectivity index (χ3v) is 5.84. The molecule has 0 aliphatic carbocycles. The lowest BCUT2D eigenvalue weighted by Gasteiger charge is -2.34. The third kappa shape index (κ3) is 5.45. The molecule has 4 rings (SSSR count). The summed E-state index contributed by atoms with van der Waals surface area (Å²) in [4.78, 5) is 38.5. The van der Waals surface area contributed by atoms with E-state index in [4.69, 9.17) is 0 Å². The largest absolute Gasteiger partial charge is 0.375 e. The minimum atomic E-state index is -0.110. The summed E-state index contributed by atoms with van der Waals surface area (Å²) in [6.07, 6.45) is 0.887. The van der Waals surface area contributed by atoms with Crippen molar-refractivity contribution in [2.75, 3.05) is 51.2 Å². The van der Waals surface area contributed by atoms with Crippen LogP contribution in [0.15, 0.2) is 59.4 Å². The van der Waals surface area contributed by atoms with E-state index in [1.807, 2.05) is 41.3 Å². The fraction of sp³-hybridized carbons (Fsp3) is 0.375. The van der Waals surface area contributed by atoms with E-state index in [1.54, 1.807) is 6.07 Å². The van der Waals surface area contributed by atoms with Crippen LogP contribution in [0.2, 0.25) is 0 Å². The van der Waals surface area contributed by atoms with Crippen molar-refractivity contribution < 1.29 is 4.79 Å². The van der Waals surface area contributed by atoms with E-state index in [-0.39, 0.29) is 11.6 Å². The van der Waals surface area contributed by atoms with Gasteiger partial charge in [0.2, 0.25) is 0 Å². The van der Waals surface area contributed by atoms with Crippen molar-refractivity contribution in [2.45, 2.75) is 13.0 Å². The molecule has 0 saturated carbocycles. The normalized spacial score (nSPS) is 14.5. The maximum Gasteiger partial charge on any atom is 0.317 e. The van der Waals surface area contributed by atoms with Crippen LogP contribution in [-0.4, -0.2) is 72.1 Å².